The van der Waals surface area contributed by atoms with E-state index in [9.17, 15) is 8.78 Å². The molecule has 1 nitrogen and oxygen atoms in total. The van der Waals surface area contributed by atoms with Crippen LogP contribution < -0.4 is 0 Å². The third kappa shape index (κ3) is 6.17. The SMILES string of the molecule is C=CC(F)(F)OC1CCC(C2CCC(CCCCC)CC2)CC1. The topological polar surface area (TPSA) is 9.23 Å². The Morgan fingerprint density at radius 2 is 1.52 bits per heavy atom. The summed E-state index contributed by atoms with van der Waals surface area (Å²) in [7, 11) is 0. The van der Waals surface area contributed by atoms with Gasteiger partial charge in [-0.25, -0.2) is 0 Å². The van der Waals surface area contributed by atoms with E-state index < -0.39 is 6.11 Å². The molecule has 0 spiro atoms. The molecular weight excluding hydrogens is 294 g/mol. The Bertz CT molecular complexity index is 340. The highest BCUT2D eigenvalue weighted by atomic mass is 19.3. The Balaban J connectivity index is 1.65. The average molecular weight is 328 g/mol. The molecule has 0 aromatic heterocycles. The third-order valence-corrected chi connectivity index (χ3v) is 6.05. The zero-order chi connectivity index (χ0) is 16.7. The molecule has 23 heavy (non-hydrogen) atoms. The minimum atomic E-state index is -3.16. The van der Waals surface area contributed by atoms with Crippen molar-refractivity contribution in [1.82, 2.24) is 0 Å². The second-order valence-corrected chi connectivity index (χ2v) is 7.70. The third-order valence-electron chi connectivity index (χ3n) is 6.05. The lowest BCUT2D eigenvalue weighted by atomic mass is 9.70. The first-order valence-corrected chi connectivity index (χ1v) is 9.73. The molecule has 0 aliphatic heterocycles. The van der Waals surface area contributed by atoms with Gasteiger partial charge < -0.3 is 4.74 Å². The van der Waals surface area contributed by atoms with Crippen LogP contribution in [0.2, 0.25) is 0 Å². The van der Waals surface area contributed by atoms with Crippen LogP contribution in [0.15, 0.2) is 12.7 Å². The van der Waals surface area contributed by atoms with Crippen molar-refractivity contribution >= 4 is 0 Å². The van der Waals surface area contributed by atoms with Gasteiger partial charge in [0.25, 0.3) is 0 Å². The van der Waals surface area contributed by atoms with Gasteiger partial charge in [0.2, 0.25) is 0 Å². The fraction of sp³-hybridized carbons (Fsp3) is 0.900. The van der Waals surface area contributed by atoms with Crippen molar-refractivity contribution in [2.24, 2.45) is 17.8 Å². The van der Waals surface area contributed by atoms with Crippen molar-refractivity contribution < 1.29 is 13.5 Å². The number of alkyl halides is 2. The second kappa shape index (κ2) is 9.15. The molecule has 0 saturated heterocycles. The van der Waals surface area contributed by atoms with Crippen molar-refractivity contribution in [1.29, 1.82) is 0 Å². The van der Waals surface area contributed by atoms with E-state index in [4.69, 9.17) is 4.74 Å². The van der Waals surface area contributed by atoms with E-state index in [0.717, 1.165) is 43.4 Å². The van der Waals surface area contributed by atoms with Crippen LogP contribution in [0, 0.1) is 17.8 Å². The van der Waals surface area contributed by atoms with Crippen LogP contribution in [0.5, 0.6) is 0 Å². The van der Waals surface area contributed by atoms with Gasteiger partial charge in [0.1, 0.15) is 0 Å². The Morgan fingerprint density at radius 1 is 0.957 bits per heavy atom. The molecule has 134 valence electrons. The van der Waals surface area contributed by atoms with Gasteiger partial charge in [0.15, 0.2) is 0 Å². The standard InChI is InChI=1S/C20H34F2O/c1-3-5-6-7-16-8-10-17(11-9-16)18-12-14-19(15-13-18)23-20(21,22)4-2/h4,16-19H,2-3,5-15H2,1H3. The molecule has 0 amide bonds. The van der Waals surface area contributed by atoms with E-state index in [1.165, 1.54) is 51.4 Å². The van der Waals surface area contributed by atoms with E-state index in [1.807, 2.05) is 0 Å². The molecule has 2 rings (SSSR count). The lowest BCUT2D eigenvalue weighted by Crippen LogP contribution is -2.32. The molecular formula is C20H34F2O. The number of unbranched alkanes of at least 4 members (excludes halogenated alkanes) is 2. The van der Waals surface area contributed by atoms with E-state index in [2.05, 4.69) is 13.5 Å². The minimum absolute atomic E-state index is 0.287. The normalized spacial score (nSPS) is 32.7. The molecule has 0 bridgehead atoms. The molecule has 3 heteroatoms. The molecule has 2 aliphatic carbocycles. The zero-order valence-corrected chi connectivity index (χ0v) is 14.7. The van der Waals surface area contributed by atoms with E-state index >= 15 is 0 Å². The van der Waals surface area contributed by atoms with Crippen molar-refractivity contribution in [3.8, 4) is 0 Å². The van der Waals surface area contributed by atoms with Gasteiger partial charge in [-0.05, 0) is 56.3 Å². The van der Waals surface area contributed by atoms with Crippen LogP contribution in [0.3, 0.4) is 0 Å². The van der Waals surface area contributed by atoms with Crippen molar-refractivity contribution in [2.75, 3.05) is 0 Å². The van der Waals surface area contributed by atoms with Gasteiger partial charge in [0.05, 0.1) is 6.10 Å². The van der Waals surface area contributed by atoms with Gasteiger partial charge in [-0.3, -0.25) is 0 Å². The maximum atomic E-state index is 13.2. The average Bonchev–Trinajstić information content (AvgIpc) is 2.56. The molecule has 0 aromatic carbocycles. The number of hydrogen-bond acceptors (Lipinski definition) is 1. The summed E-state index contributed by atoms with van der Waals surface area (Å²) in [5.41, 5.74) is 0. The van der Waals surface area contributed by atoms with Gasteiger partial charge in [0, 0.05) is 6.08 Å². The Hall–Kier alpha value is -0.440. The molecule has 0 N–H and O–H groups in total. The van der Waals surface area contributed by atoms with Gasteiger partial charge in [-0.1, -0.05) is 52.0 Å². The summed E-state index contributed by atoms with van der Waals surface area (Å²) in [5.74, 6) is 2.52. The zero-order valence-electron chi connectivity index (χ0n) is 14.7. The number of hydrogen-bond donors (Lipinski definition) is 0. The minimum Gasteiger partial charge on any atom is -0.314 e. The lowest BCUT2D eigenvalue weighted by molar-refractivity contribution is -0.234. The molecule has 0 unspecified atom stereocenters. The maximum absolute atomic E-state index is 13.2. The van der Waals surface area contributed by atoms with E-state index in [-0.39, 0.29) is 6.10 Å². The predicted octanol–water partition coefficient (Wildman–Crippen LogP) is 6.73. The lowest BCUT2D eigenvalue weighted by Gasteiger charge is -2.38. The first kappa shape index (κ1) is 18.9. The highest BCUT2D eigenvalue weighted by Crippen LogP contribution is 2.42. The van der Waals surface area contributed by atoms with E-state index in [1.54, 1.807) is 0 Å². The summed E-state index contributed by atoms with van der Waals surface area (Å²) in [6.45, 7) is 5.41. The fourth-order valence-electron chi connectivity index (χ4n) is 4.58. The molecule has 0 heterocycles. The van der Waals surface area contributed by atoms with Gasteiger partial charge >= 0.3 is 6.11 Å². The van der Waals surface area contributed by atoms with Crippen molar-refractivity contribution in [3.63, 3.8) is 0 Å². The van der Waals surface area contributed by atoms with Crippen LogP contribution >= 0.6 is 0 Å². The number of rotatable bonds is 8. The van der Waals surface area contributed by atoms with Crippen molar-refractivity contribution in [3.05, 3.63) is 12.7 Å². The molecule has 0 atom stereocenters. The van der Waals surface area contributed by atoms with Crippen LogP contribution in [-0.2, 0) is 4.74 Å². The summed E-state index contributed by atoms with van der Waals surface area (Å²) in [4.78, 5) is 0. The Morgan fingerprint density at radius 3 is 2.04 bits per heavy atom. The van der Waals surface area contributed by atoms with Crippen LogP contribution in [0.1, 0.15) is 84.0 Å². The molecule has 0 radical (unpaired) electrons. The van der Waals surface area contributed by atoms with Crippen LogP contribution in [0.25, 0.3) is 0 Å². The van der Waals surface area contributed by atoms with Crippen molar-refractivity contribution in [2.45, 2.75) is 96.2 Å². The summed E-state index contributed by atoms with van der Waals surface area (Å²) in [5, 5.41) is 0. The Labute approximate surface area is 140 Å². The summed E-state index contributed by atoms with van der Waals surface area (Å²) in [6.07, 6.45) is 11.8. The monoisotopic (exact) mass is 328 g/mol. The number of halogens is 2. The smallest absolute Gasteiger partial charge is 0.314 e. The molecule has 2 fully saturated rings. The highest BCUT2D eigenvalue weighted by molar-refractivity contribution is 4.85. The first-order valence-electron chi connectivity index (χ1n) is 9.73. The summed E-state index contributed by atoms with van der Waals surface area (Å²) < 4.78 is 31.3. The highest BCUT2D eigenvalue weighted by Gasteiger charge is 2.35. The van der Waals surface area contributed by atoms with Crippen LogP contribution in [-0.4, -0.2) is 12.2 Å². The molecule has 2 aliphatic rings. The predicted molar refractivity (Wildman–Crippen MR) is 91.6 cm³/mol. The largest absolute Gasteiger partial charge is 0.376 e. The molecule has 2 saturated carbocycles. The number of ether oxygens (including phenoxy) is 1. The van der Waals surface area contributed by atoms with Gasteiger partial charge in [-0.15, -0.1) is 0 Å². The quantitative estimate of drug-likeness (QED) is 0.354. The fourth-order valence-corrected chi connectivity index (χ4v) is 4.58. The summed E-state index contributed by atoms with van der Waals surface area (Å²) >= 11 is 0. The van der Waals surface area contributed by atoms with E-state index in [0.29, 0.717) is 6.08 Å². The van der Waals surface area contributed by atoms with Gasteiger partial charge in [-0.2, -0.15) is 8.78 Å². The molecule has 0 aromatic rings. The Kier molecular flexibility index (Phi) is 7.52. The summed E-state index contributed by atoms with van der Waals surface area (Å²) in [6, 6.07) is 0. The maximum Gasteiger partial charge on any atom is 0.376 e. The second-order valence-electron chi connectivity index (χ2n) is 7.70. The first-order chi connectivity index (χ1) is 11.0. The van der Waals surface area contributed by atoms with Crippen LogP contribution in [0.4, 0.5) is 8.78 Å².